The summed E-state index contributed by atoms with van der Waals surface area (Å²) in [5.74, 6) is -1.18. The number of nitrogens with two attached hydrogens (primary N) is 1. The number of benzene rings is 1. The average Bonchev–Trinajstić information content (AvgIpc) is 2.40. The van der Waals surface area contributed by atoms with Crippen LogP contribution in [0.2, 0.25) is 5.02 Å². The number of rotatable bonds is 3. The van der Waals surface area contributed by atoms with Crippen molar-refractivity contribution in [3.05, 3.63) is 34.3 Å². The number of likely N-dealkylation sites (tertiary alicyclic amines) is 1. The van der Waals surface area contributed by atoms with Crippen LogP contribution in [0.3, 0.4) is 0 Å². The molecule has 0 amide bonds. The van der Waals surface area contributed by atoms with Crippen molar-refractivity contribution in [2.24, 2.45) is 11.7 Å². The van der Waals surface area contributed by atoms with Crippen molar-refractivity contribution in [2.45, 2.75) is 25.6 Å². The summed E-state index contributed by atoms with van der Waals surface area (Å²) in [4.78, 5) is 2.26. The van der Waals surface area contributed by atoms with Crippen LogP contribution in [-0.4, -0.2) is 29.2 Å². The fraction of sp³-hybridized carbons (Fsp3) is 0.500. The van der Waals surface area contributed by atoms with Gasteiger partial charge in [0.25, 0.3) is 0 Å². The second-order valence-electron chi connectivity index (χ2n) is 5.26. The van der Waals surface area contributed by atoms with Gasteiger partial charge in [0.15, 0.2) is 0 Å². The maximum atomic E-state index is 12.6. The first-order valence-corrected chi connectivity index (χ1v) is 7.43. The van der Waals surface area contributed by atoms with Gasteiger partial charge in [-0.2, -0.15) is 13.2 Å². The Bertz CT molecular complexity index is 525. The molecule has 1 fully saturated rings. The summed E-state index contributed by atoms with van der Waals surface area (Å²) in [6.07, 6.45) is -3.79. The molecule has 0 radical (unpaired) electrons. The summed E-state index contributed by atoms with van der Waals surface area (Å²) in [6.45, 7) is 1.40. The number of nitrogens with zero attached hydrogens (tertiary/aromatic N) is 1. The lowest BCUT2D eigenvalue weighted by atomic mass is 9.96. The maximum absolute atomic E-state index is 12.6. The second kappa shape index (κ2) is 6.50. The summed E-state index contributed by atoms with van der Waals surface area (Å²) in [6, 6.07) is 5.31. The number of halogens is 4. The third-order valence-electron chi connectivity index (χ3n) is 3.78. The molecule has 1 heterocycles. The van der Waals surface area contributed by atoms with E-state index in [1.807, 2.05) is 11.0 Å². The smallest absolute Gasteiger partial charge is 0.389 e. The van der Waals surface area contributed by atoms with Crippen molar-refractivity contribution in [1.29, 1.82) is 0 Å². The van der Waals surface area contributed by atoms with Crippen LogP contribution >= 0.6 is 23.8 Å². The monoisotopic (exact) mass is 336 g/mol. The number of alkyl halides is 3. The van der Waals surface area contributed by atoms with Crippen LogP contribution in [0.4, 0.5) is 13.2 Å². The molecule has 1 aromatic carbocycles. The van der Waals surface area contributed by atoms with Gasteiger partial charge in [0.05, 0.1) is 5.92 Å². The Kier molecular flexibility index (Phi) is 5.11. The summed E-state index contributed by atoms with van der Waals surface area (Å²) in [5, 5.41) is 0.540. The molecule has 0 spiro atoms. The number of thiocarbonyl (C=S) groups is 1. The van der Waals surface area contributed by atoms with Gasteiger partial charge >= 0.3 is 6.18 Å². The summed E-state index contributed by atoms with van der Waals surface area (Å²) in [5.41, 5.74) is 7.10. The quantitative estimate of drug-likeness (QED) is 0.852. The molecule has 1 saturated heterocycles. The van der Waals surface area contributed by atoms with E-state index in [-0.39, 0.29) is 17.8 Å². The highest BCUT2D eigenvalue weighted by Crippen LogP contribution is 2.34. The Labute approximate surface area is 132 Å². The largest absolute Gasteiger partial charge is 0.391 e. The van der Waals surface area contributed by atoms with Crippen molar-refractivity contribution >= 4 is 28.8 Å². The minimum Gasteiger partial charge on any atom is -0.389 e. The van der Waals surface area contributed by atoms with Crippen LogP contribution < -0.4 is 5.73 Å². The maximum Gasteiger partial charge on any atom is 0.391 e. The molecule has 0 bridgehead atoms. The first-order valence-electron chi connectivity index (χ1n) is 6.64. The lowest BCUT2D eigenvalue weighted by Gasteiger charge is -2.33. The van der Waals surface area contributed by atoms with E-state index >= 15 is 0 Å². The van der Waals surface area contributed by atoms with Gasteiger partial charge in [0, 0.05) is 17.1 Å². The van der Waals surface area contributed by atoms with E-state index in [0.717, 1.165) is 5.56 Å². The highest BCUT2D eigenvalue weighted by Gasteiger charge is 2.40. The molecule has 0 aliphatic carbocycles. The van der Waals surface area contributed by atoms with Gasteiger partial charge in [0.2, 0.25) is 0 Å². The van der Waals surface area contributed by atoms with Crippen LogP contribution in [0.1, 0.15) is 24.0 Å². The zero-order chi connectivity index (χ0) is 15.6. The van der Waals surface area contributed by atoms with Crippen molar-refractivity contribution in [1.82, 2.24) is 4.90 Å². The topological polar surface area (TPSA) is 29.3 Å². The lowest BCUT2D eigenvalue weighted by molar-refractivity contribution is -0.185. The molecule has 0 atom stereocenters. The molecule has 2 rings (SSSR count). The Morgan fingerprint density at radius 2 is 1.95 bits per heavy atom. The molecular formula is C14H16ClF3N2S. The predicted octanol–water partition coefficient (Wildman–Crippen LogP) is 3.75. The first-order chi connectivity index (χ1) is 9.77. The molecule has 7 heteroatoms. The fourth-order valence-corrected chi connectivity index (χ4v) is 2.86. The Hall–Kier alpha value is -0.850. The predicted molar refractivity (Wildman–Crippen MR) is 81.4 cm³/mol. The van der Waals surface area contributed by atoms with Crippen molar-refractivity contribution in [3.63, 3.8) is 0 Å². The van der Waals surface area contributed by atoms with Gasteiger partial charge in [-0.05, 0) is 37.6 Å². The second-order valence-corrected chi connectivity index (χ2v) is 6.11. The van der Waals surface area contributed by atoms with Gasteiger partial charge < -0.3 is 5.73 Å². The molecule has 116 valence electrons. The first kappa shape index (κ1) is 16.5. The van der Waals surface area contributed by atoms with E-state index in [2.05, 4.69) is 0 Å². The zero-order valence-corrected chi connectivity index (χ0v) is 12.9. The molecular weight excluding hydrogens is 321 g/mol. The van der Waals surface area contributed by atoms with E-state index < -0.39 is 12.1 Å². The van der Waals surface area contributed by atoms with E-state index in [0.29, 0.717) is 30.2 Å². The minimum absolute atomic E-state index is 0.145. The third-order valence-corrected chi connectivity index (χ3v) is 4.37. The van der Waals surface area contributed by atoms with Crippen LogP contribution in [0.5, 0.6) is 0 Å². The standard InChI is InChI=1S/C14H16ClF3N2S/c15-12-7-9(13(19)21)1-2-10(12)8-20-5-3-11(4-6-20)14(16,17)18/h1-2,7,11H,3-6,8H2,(H2,19,21). The number of hydrogen-bond acceptors (Lipinski definition) is 2. The zero-order valence-electron chi connectivity index (χ0n) is 11.3. The SMILES string of the molecule is NC(=S)c1ccc(CN2CCC(C(F)(F)F)CC2)c(Cl)c1. The van der Waals surface area contributed by atoms with Crippen LogP contribution in [0, 0.1) is 5.92 Å². The Morgan fingerprint density at radius 3 is 2.43 bits per heavy atom. The summed E-state index contributed by atoms with van der Waals surface area (Å²) in [7, 11) is 0. The molecule has 2 nitrogen and oxygen atoms in total. The lowest BCUT2D eigenvalue weighted by Crippen LogP contribution is -2.38. The normalized spacial score (nSPS) is 17.9. The van der Waals surface area contributed by atoms with Gasteiger partial charge in [-0.15, -0.1) is 0 Å². The van der Waals surface area contributed by atoms with Crippen LogP contribution in [0.15, 0.2) is 18.2 Å². The van der Waals surface area contributed by atoms with E-state index in [9.17, 15) is 13.2 Å². The minimum atomic E-state index is -4.08. The van der Waals surface area contributed by atoms with Crippen LogP contribution in [-0.2, 0) is 6.54 Å². The molecule has 21 heavy (non-hydrogen) atoms. The highest BCUT2D eigenvalue weighted by atomic mass is 35.5. The highest BCUT2D eigenvalue weighted by molar-refractivity contribution is 7.80. The molecule has 1 aliphatic heterocycles. The number of piperidine rings is 1. The van der Waals surface area contributed by atoms with Crippen molar-refractivity contribution < 1.29 is 13.2 Å². The van der Waals surface area contributed by atoms with Gasteiger partial charge in [-0.1, -0.05) is 36.0 Å². The van der Waals surface area contributed by atoms with Gasteiger partial charge in [0.1, 0.15) is 4.99 Å². The van der Waals surface area contributed by atoms with Crippen LogP contribution in [0.25, 0.3) is 0 Å². The number of hydrogen-bond donors (Lipinski definition) is 1. The molecule has 2 N–H and O–H groups in total. The van der Waals surface area contributed by atoms with Crippen molar-refractivity contribution in [3.8, 4) is 0 Å². The molecule has 0 aromatic heterocycles. The molecule has 1 aromatic rings. The molecule has 0 unspecified atom stereocenters. The Morgan fingerprint density at radius 1 is 1.33 bits per heavy atom. The van der Waals surface area contributed by atoms with Gasteiger partial charge in [-0.3, -0.25) is 4.90 Å². The third kappa shape index (κ3) is 4.31. The van der Waals surface area contributed by atoms with Crippen molar-refractivity contribution in [2.75, 3.05) is 13.1 Å². The van der Waals surface area contributed by atoms with Gasteiger partial charge in [-0.25, -0.2) is 0 Å². The van der Waals surface area contributed by atoms with E-state index in [4.69, 9.17) is 29.6 Å². The molecule has 1 aliphatic rings. The van der Waals surface area contributed by atoms with E-state index in [1.54, 1.807) is 12.1 Å². The fourth-order valence-electron chi connectivity index (χ4n) is 2.49. The summed E-state index contributed by atoms with van der Waals surface area (Å²) < 4.78 is 37.8. The Balaban J connectivity index is 1.96. The average molecular weight is 337 g/mol. The van der Waals surface area contributed by atoms with E-state index in [1.165, 1.54) is 0 Å². The summed E-state index contributed by atoms with van der Waals surface area (Å²) >= 11 is 11.0. The molecule has 0 saturated carbocycles.